The first kappa shape index (κ1) is 24.6. The Morgan fingerprint density at radius 3 is 2.46 bits per heavy atom. The van der Waals surface area contributed by atoms with Crippen LogP contribution in [0.3, 0.4) is 0 Å². The van der Waals surface area contributed by atoms with Gasteiger partial charge in [-0.3, -0.25) is 14.3 Å². The number of likely N-dealkylation sites (tertiary alicyclic amines) is 1. The second-order valence-corrected chi connectivity index (χ2v) is 9.38. The van der Waals surface area contributed by atoms with Crippen molar-refractivity contribution in [3.63, 3.8) is 0 Å². The summed E-state index contributed by atoms with van der Waals surface area (Å²) in [6.45, 7) is 5.72. The summed E-state index contributed by atoms with van der Waals surface area (Å²) in [7, 11) is 0. The Morgan fingerprint density at radius 2 is 1.80 bits per heavy atom. The molecule has 4 rings (SSSR count). The van der Waals surface area contributed by atoms with Crippen LogP contribution in [0, 0.1) is 0 Å². The van der Waals surface area contributed by atoms with Crippen molar-refractivity contribution in [2.45, 2.75) is 57.9 Å². The van der Waals surface area contributed by atoms with Crippen LogP contribution in [-0.4, -0.2) is 54.2 Å². The lowest BCUT2D eigenvalue weighted by molar-refractivity contribution is -0.142. The highest BCUT2D eigenvalue weighted by Crippen LogP contribution is 2.31. The Balaban J connectivity index is 1.67. The first-order valence-corrected chi connectivity index (χ1v) is 11.1. The molecule has 9 nitrogen and oxygen atoms in total. The number of hydrogen-bond acceptors (Lipinski definition) is 7. The molecule has 1 saturated heterocycles. The summed E-state index contributed by atoms with van der Waals surface area (Å²) in [5.74, 6) is -0.198. The lowest BCUT2D eigenvalue weighted by Gasteiger charge is -2.33. The maximum atomic E-state index is 13.5. The molecule has 0 aromatic carbocycles. The van der Waals surface area contributed by atoms with E-state index in [9.17, 15) is 22.8 Å². The third-order valence-electron chi connectivity index (χ3n) is 5.73. The third kappa shape index (κ3) is 5.41. The molecule has 186 valence electrons. The molecular weight excluding hydrogens is 465 g/mol. The van der Waals surface area contributed by atoms with Crippen LogP contribution >= 0.6 is 0 Å². The Labute approximate surface area is 199 Å². The topological polar surface area (TPSA) is 103 Å². The Hall–Kier alpha value is -3.57. The molecule has 4 heterocycles. The molecule has 1 fully saturated rings. The average molecular weight is 490 g/mol. The summed E-state index contributed by atoms with van der Waals surface area (Å²) in [5, 5.41) is 0. The predicted octanol–water partition coefficient (Wildman–Crippen LogP) is 3.76. The fourth-order valence-electron chi connectivity index (χ4n) is 4.14. The van der Waals surface area contributed by atoms with Gasteiger partial charge in [-0.2, -0.15) is 13.2 Å². The van der Waals surface area contributed by atoms with Crippen LogP contribution in [0.5, 0.6) is 0 Å². The molecule has 0 aliphatic carbocycles. The van der Waals surface area contributed by atoms with Crippen molar-refractivity contribution in [1.29, 1.82) is 0 Å². The van der Waals surface area contributed by atoms with Crippen molar-refractivity contribution >= 4 is 17.1 Å². The molecule has 3 aromatic rings. The number of fused-ring (bicyclic) bond motifs is 1. The van der Waals surface area contributed by atoms with Gasteiger partial charge in [0.25, 0.3) is 5.56 Å². The maximum absolute atomic E-state index is 13.5. The quantitative estimate of drug-likeness (QED) is 0.551. The number of halogens is 3. The summed E-state index contributed by atoms with van der Waals surface area (Å²) >= 11 is 0. The van der Waals surface area contributed by atoms with E-state index in [4.69, 9.17) is 4.74 Å². The Morgan fingerprint density at radius 1 is 1.11 bits per heavy atom. The Kier molecular flexibility index (Phi) is 6.48. The third-order valence-corrected chi connectivity index (χ3v) is 5.73. The van der Waals surface area contributed by atoms with Crippen LogP contribution in [0.15, 0.2) is 35.8 Å². The van der Waals surface area contributed by atoms with E-state index in [0.717, 1.165) is 12.4 Å². The van der Waals surface area contributed by atoms with Crippen molar-refractivity contribution < 1.29 is 22.7 Å². The Bertz CT molecular complexity index is 1290. The number of hydrogen-bond donors (Lipinski definition) is 0. The zero-order valence-electron chi connectivity index (χ0n) is 19.5. The highest BCUT2D eigenvalue weighted by Gasteiger charge is 2.36. The summed E-state index contributed by atoms with van der Waals surface area (Å²) in [6.07, 6.45) is 0.703. The maximum Gasteiger partial charge on any atom is 0.435 e. The largest absolute Gasteiger partial charge is 0.444 e. The number of pyridine rings is 1. The van der Waals surface area contributed by atoms with E-state index in [1.165, 1.54) is 17.1 Å². The molecule has 1 amide bonds. The van der Waals surface area contributed by atoms with Crippen LogP contribution in [0.2, 0.25) is 0 Å². The molecule has 1 aliphatic heterocycles. The monoisotopic (exact) mass is 490 g/mol. The molecule has 35 heavy (non-hydrogen) atoms. The number of rotatable bonds is 3. The molecule has 0 spiro atoms. The summed E-state index contributed by atoms with van der Waals surface area (Å²) in [4.78, 5) is 42.9. The lowest BCUT2D eigenvalue weighted by atomic mass is 9.90. The minimum atomic E-state index is -4.72. The number of carbonyl (C=O) groups excluding carboxylic acids is 1. The fraction of sp³-hybridized carbons (Fsp3) is 0.478. The standard InChI is InChI=1S/C23H25F3N6O3/c1-22(2,3)35-21(34)31-8-4-14(5-9-31)15-10-16-18(11-27-13-30-16)32(20(15)33)12-17-19(23(24,25)26)29-7-6-28-17/h6-7,10-11,13-14H,4-5,8-9,12H2,1-3H3. The highest BCUT2D eigenvalue weighted by molar-refractivity contribution is 5.74. The van der Waals surface area contributed by atoms with Gasteiger partial charge in [0, 0.05) is 31.0 Å². The molecule has 0 unspecified atom stereocenters. The number of piperidine rings is 1. The van der Waals surface area contributed by atoms with E-state index in [-0.39, 0.29) is 11.6 Å². The summed E-state index contributed by atoms with van der Waals surface area (Å²) < 4.78 is 47.1. The van der Waals surface area contributed by atoms with Crippen molar-refractivity contribution in [3.8, 4) is 0 Å². The molecule has 12 heteroatoms. The van der Waals surface area contributed by atoms with Crippen LogP contribution in [0.25, 0.3) is 11.0 Å². The van der Waals surface area contributed by atoms with Crippen LogP contribution in [0.1, 0.15) is 56.5 Å². The first-order chi connectivity index (χ1) is 16.4. The minimum Gasteiger partial charge on any atom is -0.444 e. The van der Waals surface area contributed by atoms with Crippen molar-refractivity contribution in [2.24, 2.45) is 0 Å². The number of aromatic nitrogens is 5. The van der Waals surface area contributed by atoms with Gasteiger partial charge >= 0.3 is 12.3 Å². The zero-order chi connectivity index (χ0) is 25.4. The fourth-order valence-corrected chi connectivity index (χ4v) is 4.14. The number of carbonyl (C=O) groups is 1. The van der Waals surface area contributed by atoms with E-state index < -0.39 is 35.7 Å². The molecular formula is C23H25F3N6O3. The predicted molar refractivity (Wildman–Crippen MR) is 120 cm³/mol. The smallest absolute Gasteiger partial charge is 0.435 e. The van der Waals surface area contributed by atoms with Gasteiger partial charge in [-0.05, 0) is 45.6 Å². The number of nitrogens with zero attached hydrogens (tertiary/aromatic N) is 6. The van der Waals surface area contributed by atoms with Crippen LogP contribution in [0.4, 0.5) is 18.0 Å². The van der Waals surface area contributed by atoms with E-state index in [1.807, 2.05) is 0 Å². The average Bonchev–Trinajstić information content (AvgIpc) is 2.79. The van der Waals surface area contributed by atoms with Gasteiger partial charge in [-0.25, -0.2) is 19.7 Å². The highest BCUT2D eigenvalue weighted by atomic mass is 19.4. The van der Waals surface area contributed by atoms with E-state index in [1.54, 1.807) is 31.7 Å². The molecule has 1 aliphatic rings. The summed E-state index contributed by atoms with van der Waals surface area (Å²) in [5.41, 5.74) is -1.42. The van der Waals surface area contributed by atoms with Crippen molar-refractivity contribution in [3.05, 3.63) is 58.3 Å². The van der Waals surface area contributed by atoms with Gasteiger partial charge in [0.1, 0.15) is 11.9 Å². The SMILES string of the molecule is CC(C)(C)OC(=O)N1CCC(c2cc3ncncc3n(Cc3nccnc3C(F)(F)F)c2=O)CC1. The number of ether oxygens (including phenoxy) is 1. The van der Waals surface area contributed by atoms with Gasteiger partial charge in [0.05, 0.1) is 29.5 Å². The second-order valence-electron chi connectivity index (χ2n) is 9.38. The van der Waals surface area contributed by atoms with Gasteiger partial charge < -0.3 is 9.64 Å². The second kappa shape index (κ2) is 9.23. The van der Waals surface area contributed by atoms with Gasteiger partial charge in [-0.15, -0.1) is 0 Å². The number of alkyl halides is 3. The normalized spacial score (nSPS) is 15.4. The van der Waals surface area contributed by atoms with Crippen molar-refractivity contribution in [2.75, 3.05) is 13.1 Å². The number of amides is 1. The molecule has 0 bridgehead atoms. The van der Waals surface area contributed by atoms with Gasteiger partial charge in [0.2, 0.25) is 0 Å². The summed E-state index contributed by atoms with van der Waals surface area (Å²) in [6, 6.07) is 1.66. The molecule has 0 N–H and O–H groups in total. The first-order valence-electron chi connectivity index (χ1n) is 11.1. The minimum absolute atomic E-state index is 0.198. The van der Waals surface area contributed by atoms with Crippen LogP contribution in [-0.2, 0) is 17.5 Å². The molecule has 0 radical (unpaired) electrons. The van der Waals surface area contributed by atoms with E-state index >= 15 is 0 Å². The van der Waals surface area contributed by atoms with Gasteiger partial charge in [-0.1, -0.05) is 0 Å². The molecule has 3 aromatic heterocycles. The zero-order valence-corrected chi connectivity index (χ0v) is 19.5. The lowest BCUT2D eigenvalue weighted by Crippen LogP contribution is -2.42. The van der Waals surface area contributed by atoms with E-state index in [2.05, 4.69) is 19.9 Å². The van der Waals surface area contributed by atoms with E-state index in [0.29, 0.717) is 42.5 Å². The molecule has 0 saturated carbocycles. The van der Waals surface area contributed by atoms with Crippen LogP contribution < -0.4 is 5.56 Å². The molecule has 0 atom stereocenters. The van der Waals surface area contributed by atoms with Crippen molar-refractivity contribution in [1.82, 2.24) is 29.4 Å². The van der Waals surface area contributed by atoms with Gasteiger partial charge in [0.15, 0.2) is 5.69 Å².